The average molecular weight is 496 g/mol. The molecule has 2 aromatic carbocycles. The first kappa shape index (κ1) is 29.4. The first-order valence-corrected chi connectivity index (χ1v) is 11.8. The van der Waals surface area contributed by atoms with Gasteiger partial charge in [-0.15, -0.1) is 24.8 Å². The molecule has 0 aromatic heterocycles. The molecule has 3 rings (SSSR count). The molecule has 1 aliphatic rings. The summed E-state index contributed by atoms with van der Waals surface area (Å²) in [4.78, 5) is 17.2. The van der Waals surface area contributed by atoms with Crippen LogP contribution in [0.25, 0.3) is 0 Å². The number of piperazine rings is 1. The molecule has 1 atom stereocenters. The number of ether oxygens (including phenoxy) is 1. The minimum Gasteiger partial charge on any atom is -0.372 e. The van der Waals surface area contributed by atoms with Crippen molar-refractivity contribution >= 4 is 36.3 Å². The molecule has 0 saturated carbocycles. The van der Waals surface area contributed by atoms with Gasteiger partial charge in [-0.05, 0) is 36.5 Å². The summed E-state index contributed by atoms with van der Waals surface area (Å²) in [5.74, 6) is 0.876. The number of nitrogens with zero attached hydrogens (tertiary/aromatic N) is 2. The van der Waals surface area contributed by atoms with Crippen LogP contribution in [0.2, 0.25) is 0 Å². The number of hydrogen-bond donors (Lipinski definition) is 0. The summed E-state index contributed by atoms with van der Waals surface area (Å²) in [5.41, 5.74) is 4.44. The quantitative estimate of drug-likeness (QED) is 0.359. The zero-order valence-electron chi connectivity index (χ0n) is 20.5. The van der Waals surface area contributed by atoms with Crippen molar-refractivity contribution in [3.05, 3.63) is 65.2 Å². The number of halogens is 2. The number of carbonyl (C=O) groups excluding carboxylic acids is 1. The standard InChI is InChI=1S/C27H38N2O2.2ClH/c1-5-26(30)24-12-9-13-25(22(24)4)29-17-15-28(16-18-29)20-27(31-19-14-21(2)3)23-10-7-6-8-11-23;;/h6-13,21,27H,5,14-20H2,1-4H3;2*1H. The lowest BCUT2D eigenvalue weighted by Gasteiger charge is -2.38. The predicted octanol–water partition coefficient (Wildman–Crippen LogP) is 6.36. The molecule has 33 heavy (non-hydrogen) atoms. The monoisotopic (exact) mass is 494 g/mol. The van der Waals surface area contributed by atoms with Crippen LogP contribution in [-0.2, 0) is 4.74 Å². The van der Waals surface area contributed by atoms with Crippen LogP contribution >= 0.6 is 24.8 Å². The summed E-state index contributed by atoms with van der Waals surface area (Å²) < 4.78 is 6.33. The number of anilines is 1. The summed E-state index contributed by atoms with van der Waals surface area (Å²) in [6.07, 6.45) is 1.75. The molecule has 184 valence electrons. The molecule has 0 bridgehead atoms. The van der Waals surface area contributed by atoms with E-state index in [0.717, 1.165) is 56.9 Å². The molecular weight excluding hydrogens is 455 g/mol. The molecule has 0 N–H and O–H groups in total. The topological polar surface area (TPSA) is 32.8 Å². The Kier molecular flexibility index (Phi) is 13.0. The third kappa shape index (κ3) is 8.29. The fraction of sp³-hybridized carbons (Fsp3) is 0.519. The van der Waals surface area contributed by atoms with E-state index >= 15 is 0 Å². The Bertz CT molecular complexity index is 837. The number of Topliss-reactive ketones (excluding diaryl/α,β-unsaturated/α-hetero) is 1. The molecule has 0 radical (unpaired) electrons. The molecule has 2 aromatic rings. The molecule has 4 nitrogen and oxygen atoms in total. The van der Waals surface area contributed by atoms with Gasteiger partial charge in [0.05, 0.1) is 6.10 Å². The third-order valence-corrected chi connectivity index (χ3v) is 6.25. The van der Waals surface area contributed by atoms with Crippen LogP contribution in [0.3, 0.4) is 0 Å². The lowest BCUT2D eigenvalue weighted by molar-refractivity contribution is 0.0184. The highest BCUT2D eigenvalue weighted by molar-refractivity contribution is 5.98. The lowest BCUT2D eigenvalue weighted by atomic mass is 10.0. The molecule has 1 fully saturated rings. The van der Waals surface area contributed by atoms with E-state index in [-0.39, 0.29) is 36.7 Å². The van der Waals surface area contributed by atoms with Gasteiger partial charge in [-0.3, -0.25) is 9.69 Å². The second kappa shape index (κ2) is 14.6. The highest BCUT2D eigenvalue weighted by Crippen LogP contribution is 2.26. The molecule has 0 amide bonds. The molecule has 1 unspecified atom stereocenters. The Balaban J connectivity index is 0.00000272. The Hall–Kier alpha value is -1.59. The molecule has 0 aliphatic carbocycles. The predicted molar refractivity (Wildman–Crippen MR) is 144 cm³/mol. The normalized spacial score (nSPS) is 15.0. The van der Waals surface area contributed by atoms with E-state index in [9.17, 15) is 4.79 Å². The van der Waals surface area contributed by atoms with E-state index in [2.05, 4.69) is 67.0 Å². The SMILES string of the molecule is CCC(=O)c1cccc(N2CCN(CC(OCCC(C)C)c3ccccc3)CC2)c1C.Cl.Cl. The smallest absolute Gasteiger partial charge is 0.162 e. The van der Waals surface area contributed by atoms with Crippen LogP contribution in [0.4, 0.5) is 5.69 Å². The molecular formula is C27H40Cl2N2O2. The summed E-state index contributed by atoms with van der Waals surface area (Å²) in [5, 5.41) is 0. The lowest BCUT2D eigenvalue weighted by Crippen LogP contribution is -2.48. The number of carbonyl (C=O) groups is 1. The number of hydrogen-bond acceptors (Lipinski definition) is 4. The van der Waals surface area contributed by atoms with E-state index in [1.54, 1.807) is 0 Å². The second-order valence-corrected chi connectivity index (χ2v) is 8.97. The van der Waals surface area contributed by atoms with Gasteiger partial charge in [0, 0.05) is 57.0 Å². The zero-order valence-corrected chi connectivity index (χ0v) is 22.1. The van der Waals surface area contributed by atoms with E-state index < -0.39 is 0 Å². The van der Waals surface area contributed by atoms with Gasteiger partial charge in [-0.2, -0.15) is 0 Å². The maximum atomic E-state index is 12.3. The fourth-order valence-corrected chi connectivity index (χ4v) is 4.23. The number of benzene rings is 2. The van der Waals surface area contributed by atoms with E-state index in [1.165, 1.54) is 11.3 Å². The number of ketones is 1. The van der Waals surface area contributed by atoms with Gasteiger partial charge in [0.25, 0.3) is 0 Å². The first-order chi connectivity index (χ1) is 15.0. The van der Waals surface area contributed by atoms with Gasteiger partial charge >= 0.3 is 0 Å². The van der Waals surface area contributed by atoms with Crippen molar-refractivity contribution < 1.29 is 9.53 Å². The third-order valence-electron chi connectivity index (χ3n) is 6.25. The van der Waals surface area contributed by atoms with Gasteiger partial charge in [0.1, 0.15) is 0 Å². The van der Waals surface area contributed by atoms with Crippen LogP contribution in [0.15, 0.2) is 48.5 Å². The minimum absolute atomic E-state index is 0. The van der Waals surface area contributed by atoms with Gasteiger partial charge in [0.2, 0.25) is 0 Å². The van der Waals surface area contributed by atoms with E-state index in [1.807, 2.05) is 19.1 Å². The van der Waals surface area contributed by atoms with E-state index in [4.69, 9.17) is 4.74 Å². The highest BCUT2D eigenvalue weighted by atomic mass is 35.5. The van der Waals surface area contributed by atoms with Gasteiger partial charge in [0.15, 0.2) is 5.78 Å². The van der Waals surface area contributed by atoms with E-state index in [0.29, 0.717) is 12.3 Å². The van der Waals surface area contributed by atoms with Gasteiger partial charge < -0.3 is 9.64 Å². The van der Waals surface area contributed by atoms with Crippen LogP contribution in [0, 0.1) is 12.8 Å². The van der Waals surface area contributed by atoms with Crippen LogP contribution < -0.4 is 4.90 Å². The van der Waals surface area contributed by atoms with Crippen molar-refractivity contribution in [1.82, 2.24) is 4.90 Å². The Morgan fingerprint density at radius 2 is 1.64 bits per heavy atom. The highest BCUT2D eigenvalue weighted by Gasteiger charge is 2.23. The average Bonchev–Trinajstić information content (AvgIpc) is 2.79. The van der Waals surface area contributed by atoms with Crippen molar-refractivity contribution in [2.24, 2.45) is 5.92 Å². The largest absolute Gasteiger partial charge is 0.372 e. The first-order valence-electron chi connectivity index (χ1n) is 11.8. The van der Waals surface area contributed by atoms with Crippen LogP contribution in [-0.4, -0.2) is 50.0 Å². The second-order valence-electron chi connectivity index (χ2n) is 8.97. The maximum absolute atomic E-state index is 12.3. The van der Waals surface area contributed by atoms with Crippen molar-refractivity contribution in [3.8, 4) is 0 Å². The van der Waals surface area contributed by atoms with Gasteiger partial charge in [-0.1, -0.05) is 63.2 Å². The summed E-state index contributed by atoms with van der Waals surface area (Å²) in [6.45, 7) is 14.2. The molecule has 0 spiro atoms. The van der Waals surface area contributed by atoms with Crippen molar-refractivity contribution in [2.75, 3.05) is 44.2 Å². The van der Waals surface area contributed by atoms with Crippen LogP contribution in [0.1, 0.15) is 61.2 Å². The van der Waals surface area contributed by atoms with Crippen molar-refractivity contribution in [2.45, 2.75) is 46.6 Å². The Morgan fingerprint density at radius 3 is 2.24 bits per heavy atom. The molecule has 6 heteroatoms. The van der Waals surface area contributed by atoms with Crippen LogP contribution in [0.5, 0.6) is 0 Å². The zero-order chi connectivity index (χ0) is 22.2. The molecule has 1 heterocycles. The Morgan fingerprint density at radius 1 is 0.970 bits per heavy atom. The summed E-state index contributed by atoms with van der Waals surface area (Å²) in [7, 11) is 0. The van der Waals surface area contributed by atoms with Crippen molar-refractivity contribution in [1.29, 1.82) is 0 Å². The van der Waals surface area contributed by atoms with Gasteiger partial charge in [-0.25, -0.2) is 0 Å². The summed E-state index contributed by atoms with van der Waals surface area (Å²) in [6, 6.07) is 16.7. The molecule has 1 saturated heterocycles. The molecule has 1 aliphatic heterocycles. The maximum Gasteiger partial charge on any atom is 0.162 e. The fourth-order valence-electron chi connectivity index (χ4n) is 4.23. The summed E-state index contributed by atoms with van der Waals surface area (Å²) >= 11 is 0. The minimum atomic E-state index is 0. The Labute approximate surface area is 212 Å². The number of rotatable bonds is 10. The van der Waals surface area contributed by atoms with Crippen molar-refractivity contribution in [3.63, 3.8) is 0 Å².